The van der Waals surface area contributed by atoms with Crippen molar-refractivity contribution in [1.29, 1.82) is 0 Å². The molecule has 3 saturated heterocycles. The van der Waals surface area contributed by atoms with Gasteiger partial charge in [-0.25, -0.2) is 12.7 Å². The quantitative estimate of drug-likeness (QED) is 0.612. The van der Waals surface area contributed by atoms with Crippen LogP contribution in [0.25, 0.3) is 0 Å². The third-order valence-electron chi connectivity index (χ3n) is 5.95. The van der Waals surface area contributed by atoms with Crippen LogP contribution in [-0.4, -0.2) is 77.9 Å². The van der Waals surface area contributed by atoms with Gasteiger partial charge in [-0.2, -0.15) is 0 Å². The molecule has 4 rings (SSSR count). The Morgan fingerprint density at radius 2 is 1.96 bits per heavy atom. The smallest absolute Gasteiger partial charge is 0.228 e. The zero-order chi connectivity index (χ0) is 19.6. The van der Waals surface area contributed by atoms with E-state index in [2.05, 4.69) is 26.6 Å². The molecule has 10 heteroatoms. The van der Waals surface area contributed by atoms with E-state index in [0.717, 1.165) is 62.5 Å². The summed E-state index contributed by atoms with van der Waals surface area (Å²) in [6.45, 7) is 7.13. The Kier molecular flexibility index (Phi) is 6.49. The maximum Gasteiger partial charge on any atom is 0.228 e. The van der Waals surface area contributed by atoms with Gasteiger partial charge in [-0.05, 0) is 38.0 Å². The first-order valence-electron chi connectivity index (χ1n) is 10.4. The number of hydrogen-bond donors (Lipinski definition) is 0. The Morgan fingerprint density at radius 1 is 1.14 bits per heavy atom. The zero-order valence-electron chi connectivity index (χ0n) is 16.6. The molecule has 28 heavy (non-hydrogen) atoms. The van der Waals surface area contributed by atoms with E-state index in [9.17, 15) is 8.42 Å². The number of anilines is 1. The minimum Gasteiger partial charge on any atom is -0.376 e. The number of hydrogen-bond acceptors (Lipinski definition) is 7. The van der Waals surface area contributed by atoms with Crippen LogP contribution in [0, 0.1) is 5.92 Å². The molecule has 0 saturated carbocycles. The largest absolute Gasteiger partial charge is 0.376 e. The van der Waals surface area contributed by atoms with Gasteiger partial charge >= 0.3 is 0 Å². The van der Waals surface area contributed by atoms with Gasteiger partial charge in [-0.15, -0.1) is 10.2 Å². The average molecular weight is 430 g/mol. The van der Waals surface area contributed by atoms with E-state index in [4.69, 9.17) is 4.74 Å². The molecule has 4 heterocycles. The van der Waals surface area contributed by atoms with Crippen LogP contribution in [0.5, 0.6) is 0 Å². The SMILES string of the molecule is CC1CCN(c2nnc(SCCN3CCCS3(=O)=O)n2C[C@@H]2CCCO2)CC1. The van der Waals surface area contributed by atoms with E-state index in [0.29, 0.717) is 18.8 Å². The molecular formula is C18H31N5O3S2. The molecule has 3 aliphatic heterocycles. The van der Waals surface area contributed by atoms with Gasteiger partial charge in [0, 0.05) is 38.5 Å². The summed E-state index contributed by atoms with van der Waals surface area (Å²) in [6.07, 6.45) is 5.50. The van der Waals surface area contributed by atoms with Crippen molar-refractivity contribution in [2.24, 2.45) is 5.92 Å². The fraction of sp³-hybridized carbons (Fsp3) is 0.889. The molecule has 0 aliphatic carbocycles. The Bertz CT molecular complexity index is 755. The van der Waals surface area contributed by atoms with E-state index < -0.39 is 10.0 Å². The summed E-state index contributed by atoms with van der Waals surface area (Å²) in [5.41, 5.74) is 0. The van der Waals surface area contributed by atoms with Crippen LogP contribution in [0.3, 0.4) is 0 Å². The summed E-state index contributed by atoms with van der Waals surface area (Å²) < 4.78 is 33.7. The molecule has 1 aromatic rings. The standard InChI is InChI=1S/C18H31N5O3S2/c1-15-5-8-21(9-6-15)17-19-20-18(23(17)14-16-4-2-11-26-16)27-12-10-22-7-3-13-28(22,24)25/h15-16H,2-14H2,1H3/t16-/m0/s1. The monoisotopic (exact) mass is 429 g/mol. The summed E-state index contributed by atoms with van der Waals surface area (Å²) >= 11 is 1.60. The maximum absolute atomic E-state index is 12.0. The number of rotatable bonds is 7. The number of nitrogens with zero attached hydrogens (tertiary/aromatic N) is 5. The molecule has 0 unspecified atom stereocenters. The van der Waals surface area contributed by atoms with Crippen molar-refractivity contribution in [3.05, 3.63) is 0 Å². The molecule has 158 valence electrons. The lowest BCUT2D eigenvalue weighted by atomic mass is 10.00. The molecule has 0 amide bonds. The number of piperidine rings is 1. The Balaban J connectivity index is 1.44. The van der Waals surface area contributed by atoms with E-state index >= 15 is 0 Å². The molecule has 1 atom stereocenters. The fourth-order valence-corrected chi connectivity index (χ4v) is 6.71. The lowest BCUT2D eigenvalue weighted by Crippen LogP contribution is -2.35. The van der Waals surface area contributed by atoms with Gasteiger partial charge in [0.2, 0.25) is 16.0 Å². The van der Waals surface area contributed by atoms with Crippen LogP contribution in [-0.2, 0) is 21.3 Å². The summed E-state index contributed by atoms with van der Waals surface area (Å²) in [6, 6.07) is 0. The molecule has 1 aromatic heterocycles. The highest BCUT2D eigenvalue weighted by molar-refractivity contribution is 7.99. The molecule has 3 aliphatic rings. The van der Waals surface area contributed by atoms with Gasteiger partial charge in [-0.3, -0.25) is 4.57 Å². The Morgan fingerprint density at radius 3 is 2.64 bits per heavy atom. The average Bonchev–Trinajstić information content (AvgIpc) is 3.39. The predicted octanol–water partition coefficient (Wildman–Crippen LogP) is 1.82. The first kappa shape index (κ1) is 20.4. The maximum atomic E-state index is 12.0. The highest BCUT2D eigenvalue weighted by atomic mass is 32.2. The second-order valence-corrected chi connectivity index (χ2v) is 11.3. The fourth-order valence-electron chi connectivity index (χ4n) is 4.16. The lowest BCUT2D eigenvalue weighted by Gasteiger charge is -2.31. The van der Waals surface area contributed by atoms with Crippen LogP contribution in [0.1, 0.15) is 39.0 Å². The molecule has 0 spiro atoms. The normalized spacial score (nSPS) is 26.3. The number of thioether (sulfide) groups is 1. The molecule has 0 radical (unpaired) electrons. The van der Waals surface area contributed by atoms with Crippen molar-refractivity contribution >= 4 is 27.7 Å². The second kappa shape index (κ2) is 8.89. The van der Waals surface area contributed by atoms with Gasteiger partial charge in [0.25, 0.3) is 0 Å². The minimum atomic E-state index is -3.04. The summed E-state index contributed by atoms with van der Waals surface area (Å²) in [5.74, 6) is 2.69. The van der Waals surface area contributed by atoms with E-state index in [-0.39, 0.29) is 11.9 Å². The first-order valence-corrected chi connectivity index (χ1v) is 13.0. The van der Waals surface area contributed by atoms with Crippen LogP contribution < -0.4 is 4.90 Å². The summed E-state index contributed by atoms with van der Waals surface area (Å²) in [4.78, 5) is 2.34. The van der Waals surface area contributed by atoms with Gasteiger partial charge in [0.15, 0.2) is 5.16 Å². The van der Waals surface area contributed by atoms with E-state index in [1.165, 1.54) is 12.8 Å². The topological polar surface area (TPSA) is 80.6 Å². The molecule has 0 aromatic carbocycles. The molecule has 3 fully saturated rings. The van der Waals surface area contributed by atoms with Gasteiger partial charge in [0.05, 0.1) is 18.4 Å². The van der Waals surface area contributed by atoms with Crippen LogP contribution in [0.4, 0.5) is 5.95 Å². The van der Waals surface area contributed by atoms with Crippen molar-refractivity contribution in [1.82, 2.24) is 19.1 Å². The number of ether oxygens (including phenoxy) is 1. The van der Waals surface area contributed by atoms with Crippen molar-refractivity contribution in [3.8, 4) is 0 Å². The van der Waals surface area contributed by atoms with Gasteiger partial charge < -0.3 is 9.64 Å². The number of sulfonamides is 1. The van der Waals surface area contributed by atoms with Crippen LogP contribution in [0.2, 0.25) is 0 Å². The molecule has 0 bridgehead atoms. The van der Waals surface area contributed by atoms with Crippen molar-refractivity contribution < 1.29 is 13.2 Å². The highest BCUT2D eigenvalue weighted by Crippen LogP contribution is 2.28. The van der Waals surface area contributed by atoms with E-state index in [1.807, 2.05) is 0 Å². The van der Waals surface area contributed by atoms with Gasteiger partial charge in [-0.1, -0.05) is 18.7 Å². The van der Waals surface area contributed by atoms with Crippen molar-refractivity contribution in [2.75, 3.05) is 49.2 Å². The molecular weight excluding hydrogens is 398 g/mol. The Labute approximate surface area is 172 Å². The Hall–Kier alpha value is -0.840. The molecule has 8 nitrogen and oxygen atoms in total. The third-order valence-corrected chi connectivity index (χ3v) is 8.85. The predicted molar refractivity (Wildman–Crippen MR) is 110 cm³/mol. The summed E-state index contributed by atoms with van der Waals surface area (Å²) in [5, 5.41) is 9.86. The van der Waals surface area contributed by atoms with E-state index in [1.54, 1.807) is 16.1 Å². The summed E-state index contributed by atoms with van der Waals surface area (Å²) in [7, 11) is -3.04. The zero-order valence-corrected chi connectivity index (χ0v) is 18.3. The second-order valence-electron chi connectivity index (χ2n) is 8.11. The minimum absolute atomic E-state index is 0.219. The number of aromatic nitrogens is 3. The van der Waals surface area contributed by atoms with Crippen LogP contribution >= 0.6 is 11.8 Å². The highest BCUT2D eigenvalue weighted by Gasteiger charge is 2.29. The van der Waals surface area contributed by atoms with Crippen LogP contribution in [0.15, 0.2) is 5.16 Å². The van der Waals surface area contributed by atoms with Gasteiger partial charge in [0.1, 0.15) is 0 Å². The third kappa shape index (κ3) is 4.66. The first-order chi connectivity index (χ1) is 13.5. The van der Waals surface area contributed by atoms with Crippen molar-refractivity contribution in [3.63, 3.8) is 0 Å². The molecule has 0 N–H and O–H groups in total. The van der Waals surface area contributed by atoms with Crippen molar-refractivity contribution in [2.45, 2.75) is 56.8 Å². The lowest BCUT2D eigenvalue weighted by molar-refractivity contribution is 0.0951.